The van der Waals surface area contributed by atoms with Gasteiger partial charge in [0.1, 0.15) is 5.54 Å². The number of amides is 2. The highest BCUT2D eigenvalue weighted by atomic mass is 16.2. The van der Waals surface area contributed by atoms with Gasteiger partial charge in [-0.15, -0.1) is 0 Å². The summed E-state index contributed by atoms with van der Waals surface area (Å²) in [5, 5.41) is 2.78. The summed E-state index contributed by atoms with van der Waals surface area (Å²) in [6.07, 6.45) is 1.51. The molecule has 1 saturated heterocycles. The topological polar surface area (TPSA) is 49.4 Å². The molecule has 104 valence electrons. The predicted molar refractivity (Wildman–Crippen MR) is 72.0 cm³/mol. The fraction of sp³-hybridized carbons (Fsp3) is 0.857. The van der Waals surface area contributed by atoms with Crippen LogP contribution in [0.2, 0.25) is 0 Å². The van der Waals surface area contributed by atoms with Crippen molar-refractivity contribution in [3.05, 3.63) is 0 Å². The zero-order chi connectivity index (χ0) is 13.9. The molecule has 1 rings (SSSR count). The Labute approximate surface area is 110 Å². The SMILES string of the molecule is CC(C)CC(C)CN1CCC(=O)NC(C)(C)C1=O. The van der Waals surface area contributed by atoms with Crippen molar-refractivity contribution in [2.45, 2.75) is 53.0 Å². The third-order valence-corrected chi connectivity index (χ3v) is 3.29. The van der Waals surface area contributed by atoms with E-state index >= 15 is 0 Å². The molecule has 1 fully saturated rings. The van der Waals surface area contributed by atoms with Gasteiger partial charge in [0.2, 0.25) is 11.8 Å². The summed E-state index contributed by atoms with van der Waals surface area (Å²) < 4.78 is 0. The maximum absolute atomic E-state index is 12.3. The van der Waals surface area contributed by atoms with Crippen molar-refractivity contribution in [3.8, 4) is 0 Å². The molecule has 18 heavy (non-hydrogen) atoms. The highest BCUT2D eigenvalue weighted by Gasteiger charge is 2.36. The van der Waals surface area contributed by atoms with Gasteiger partial charge in [-0.2, -0.15) is 0 Å². The first kappa shape index (κ1) is 15.0. The van der Waals surface area contributed by atoms with Gasteiger partial charge in [0.25, 0.3) is 0 Å². The van der Waals surface area contributed by atoms with Crippen molar-refractivity contribution in [1.82, 2.24) is 10.2 Å². The third-order valence-electron chi connectivity index (χ3n) is 3.29. The zero-order valence-corrected chi connectivity index (χ0v) is 12.2. The number of hydrogen-bond donors (Lipinski definition) is 1. The monoisotopic (exact) mass is 254 g/mol. The molecule has 0 radical (unpaired) electrons. The van der Waals surface area contributed by atoms with Crippen molar-refractivity contribution in [2.75, 3.05) is 13.1 Å². The lowest BCUT2D eigenvalue weighted by Gasteiger charge is -2.31. The summed E-state index contributed by atoms with van der Waals surface area (Å²) in [4.78, 5) is 25.7. The average molecular weight is 254 g/mol. The Balaban J connectivity index is 2.69. The van der Waals surface area contributed by atoms with E-state index in [1.165, 1.54) is 0 Å². The molecule has 1 N–H and O–H groups in total. The summed E-state index contributed by atoms with van der Waals surface area (Å²) in [6, 6.07) is 0. The van der Waals surface area contributed by atoms with Crippen LogP contribution >= 0.6 is 0 Å². The van der Waals surface area contributed by atoms with E-state index in [-0.39, 0.29) is 11.8 Å². The largest absolute Gasteiger partial charge is 0.342 e. The van der Waals surface area contributed by atoms with Crippen LogP contribution in [0.3, 0.4) is 0 Å². The smallest absolute Gasteiger partial charge is 0.247 e. The van der Waals surface area contributed by atoms with E-state index in [4.69, 9.17) is 0 Å². The normalized spacial score (nSPS) is 21.8. The first-order valence-electron chi connectivity index (χ1n) is 6.82. The Morgan fingerprint density at radius 1 is 1.28 bits per heavy atom. The van der Waals surface area contributed by atoms with Gasteiger partial charge >= 0.3 is 0 Å². The van der Waals surface area contributed by atoms with Crippen molar-refractivity contribution in [1.29, 1.82) is 0 Å². The van der Waals surface area contributed by atoms with E-state index < -0.39 is 5.54 Å². The minimum Gasteiger partial charge on any atom is -0.342 e. The standard InChI is InChI=1S/C14H26N2O2/c1-10(2)8-11(3)9-16-7-6-12(17)15-14(4,5)13(16)18/h10-11H,6-9H2,1-5H3,(H,15,17). The Morgan fingerprint density at radius 3 is 2.44 bits per heavy atom. The molecule has 1 unspecified atom stereocenters. The molecule has 0 bridgehead atoms. The highest BCUT2D eigenvalue weighted by Crippen LogP contribution is 2.18. The van der Waals surface area contributed by atoms with Crippen LogP contribution in [-0.4, -0.2) is 35.3 Å². The average Bonchev–Trinajstić information content (AvgIpc) is 2.28. The first-order valence-corrected chi connectivity index (χ1v) is 6.82. The molecule has 2 amide bonds. The van der Waals surface area contributed by atoms with Gasteiger partial charge in [-0.3, -0.25) is 9.59 Å². The summed E-state index contributed by atoms with van der Waals surface area (Å²) in [6.45, 7) is 11.4. The fourth-order valence-electron chi connectivity index (χ4n) is 2.63. The molecule has 0 saturated carbocycles. The van der Waals surface area contributed by atoms with Gasteiger partial charge in [0.15, 0.2) is 0 Å². The van der Waals surface area contributed by atoms with E-state index in [2.05, 4.69) is 26.1 Å². The Kier molecular flexibility index (Phi) is 4.77. The van der Waals surface area contributed by atoms with Crippen molar-refractivity contribution in [3.63, 3.8) is 0 Å². The summed E-state index contributed by atoms with van der Waals surface area (Å²) >= 11 is 0. The number of carbonyl (C=O) groups is 2. The molecule has 0 aromatic heterocycles. The van der Waals surface area contributed by atoms with Gasteiger partial charge in [0.05, 0.1) is 0 Å². The lowest BCUT2D eigenvalue weighted by Crippen LogP contribution is -2.53. The molecule has 0 spiro atoms. The van der Waals surface area contributed by atoms with Crippen molar-refractivity contribution < 1.29 is 9.59 Å². The minimum absolute atomic E-state index is 0.0314. The van der Waals surface area contributed by atoms with Crippen LogP contribution in [0.15, 0.2) is 0 Å². The maximum Gasteiger partial charge on any atom is 0.247 e. The van der Waals surface area contributed by atoms with Crippen molar-refractivity contribution in [2.24, 2.45) is 11.8 Å². The molecule has 1 atom stereocenters. The van der Waals surface area contributed by atoms with Gasteiger partial charge in [-0.25, -0.2) is 0 Å². The first-order chi connectivity index (χ1) is 8.22. The van der Waals surface area contributed by atoms with Crippen LogP contribution < -0.4 is 5.32 Å². The third kappa shape index (κ3) is 4.00. The lowest BCUT2D eigenvalue weighted by molar-refractivity contribution is -0.137. The van der Waals surface area contributed by atoms with Crippen LogP contribution in [0, 0.1) is 11.8 Å². The lowest BCUT2D eigenvalue weighted by atomic mass is 9.97. The van der Waals surface area contributed by atoms with E-state index in [0.29, 0.717) is 24.8 Å². The molecule has 4 heteroatoms. The van der Waals surface area contributed by atoms with Crippen LogP contribution in [0.25, 0.3) is 0 Å². The van der Waals surface area contributed by atoms with E-state index in [1.54, 1.807) is 13.8 Å². The molecular weight excluding hydrogens is 228 g/mol. The number of nitrogens with zero attached hydrogens (tertiary/aromatic N) is 1. The molecule has 1 aliphatic rings. The Morgan fingerprint density at radius 2 is 1.89 bits per heavy atom. The fourth-order valence-corrected chi connectivity index (χ4v) is 2.63. The van der Waals surface area contributed by atoms with Crippen molar-refractivity contribution >= 4 is 11.8 Å². The number of carbonyl (C=O) groups excluding carboxylic acids is 2. The van der Waals surface area contributed by atoms with E-state index in [0.717, 1.165) is 13.0 Å². The highest BCUT2D eigenvalue weighted by molar-refractivity contribution is 5.92. The number of rotatable bonds is 4. The molecule has 0 aromatic rings. The molecule has 0 aliphatic carbocycles. The van der Waals surface area contributed by atoms with Gasteiger partial charge in [-0.05, 0) is 32.1 Å². The molecule has 1 aliphatic heterocycles. The summed E-state index contributed by atoms with van der Waals surface area (Å²) in [7, 11) is 0. The number of hydrogen-bond acceptors (Lipinski definition) is 2. The van der Waals surface area contributed by atoms with E-state index in [1.807, 2.05) is 4.90 Å². The zero-order valence-electron chi connectivity index (χ0n) is 12.2. The van der Waals surface area contributed by atoms with Gasteiger partial charge in [-0.1, -0.05) is 20.8 Å². The van der Waals surface area contributed by atoms with Crippen LogP contribution in [-0.2, 0) is 9.59 Å². The molecule has 4 nitrogen and oxygen atoms in total. The van der Waals surface area contributed by atoms with Gasteiger partial charge in [0, 0.05) is 19.5 Å². The quantitative estimate of drug-likeness (QED) is 0.831. The Bertz CT molecular complexity index is 324. The number of nitrogens with one attached hydrogen (secondary N) is 1. The minimum atomic E-state index is -0.773. The predicted octanol–water partition coefficient (Wildman–Crippen LogP) is 1.80. The second kappa shape index (κ2) is 5.72. The molecular formula is C14H26N2O2. The molecule has 0 aromatic carbocycles. The van der Waals surface area contributed by atoms with Crippen LogP contribution in [0.5, 0.6) is 0 Å². The van der Waals surface area contributed by atoms with Crippen LogP contribution in [0.4, 0.5) is 0 Å². The molecule has 1 heterocycles. The summed E-state index contributed by atoms with van der Waals surface area (Å²) in [5.74, 6) is 1.10. The van der Waals surface area contributed by atoms with Gasteiger partial charge < -0.3 is 10.2 Å². The second-order valence-electron chi connectivity index (χ2n) is 6.41. The Hall–Kier alpha value is -1.06. The maximum atomic E-state index is 12.3. The van der Waals surface area contributed by atoms with Crippen LogP contribution in [0.1, 0.15) is 47.5 Å². The summed E-state index contributed by atoms with van der Waals surface area (Å²) in [5.41, 5.74) is -0.773. The second-order valence-corrected chi connectivity index (χ2v) is 6.41. The van der Waals surface area contributed by atoms with E-state index in [9.17, 15) is 9.59 Å².